The van der Waals surface area contributed by atoms with Gasteiger partial charge in [-0.25, -0.2) is 4.68 Å². The van der Waals surface area contributed by atoms with Crippen molar-refractivity contribution in [3.8, 4) is 0 Å². The van der Waals surface area contributed by atoms with Gasteiger partial charge in [0.1, 0.15) is 6.33 Å². The lowest BCUT2D eigenvalue weighted by Gasteiger charge is -2.15. The summed E-state index contributed by atoms with van der Waals surface area (Å²) in [6.45, 7) is 7.83. The fourth-order valence-corrected chi connectivity index (χ4v) is 2.88. The summed E-state index contributed by atoms with van der Waals surface area (Å²) in [4.78, 5) is 12.3. The second kappa shape index (κ2) is 6.17. The quantitative estimate of drug-likeness (QED) is 0.667. The van der Waals surface area contributed by atoms with Crippen LogP contribution in [-0.2, 0) is 4.79 Å². The number of hydrogen-bond acceptors (Lipinski definition) is 5. The Hall–Kier alpha value is -2.02. The standard InChI is InChI=1S/C14H19N5OS/c1-8-5-9(2)12(10(3)6-8)17-13(20)11(4)21-14-18-16-7-19(14)15/h5-7,11H,15H2,1-4H3,(H,17,20)/t11-/m1/s1. The number of thioether (sulfide) groups is 1. The second-order valence-corrected chi connectivity index (χ2v) is 6.35. The molecule has 0 spiro atoms. The molecule has 0 bridgehead atoms. The van der Waals surface area contributed by atoms with Crippen LogP contribution >= 0.6 is 11.8 Å². The van der Waals surface area contributed by atoms with Crippen LogP contribution in [0.4, 0.5) is 5.69 Å². The number of amides is 1. The van der Waals surface area contributed by atoms with Gasteiger partial charge < -0.3 is 11.2 Å². The number of hydrogen-bond donors (Lipinski definition) is 2. The highest BCUT2D eigenvalue weighted by atomic mass is 32.2. The van der Waals surface area contributed by atoms with Crippen molar-refractivity contribution < 1.29 is 4.79 Å². The van der Waals surface area contributed by atoms with Crippen LogP contribution < -0.4 is 11.2 Å². The number of aromatic nitrogens is 3. The summed E-state index contributed by atoms with van der Waals surface area (Å²) in [5, 5.41) is 10.7. The maximum atomic E-state index is 12.3. The molecule has 0 aliphatic heterocycles. The number of nitrogens with one attached hydrogen (secondary N) is 1. The number of aryl methyl sites for hydroxylation is 3. The van der Waals surface area contributed by atoms with Gasteiger partial charge >= 0.3 is 0 Å². The van der Waals surface area contributed by atoms with E-state index in [0.29, 0.717) is 5.16 Å². The van der Waals surface area contributed by atoms with Crippen molar-refractivity contribution in [1.82, 2.24) is 14.9 Å². The second-order valence-electron chi connectivity index (χ2n) is 5.04. The topological polar surface area (TPSA) is 85.8 Å². The fourth-order valence-electron chi connectivity index (χ4n) is 2.13. The zero-order valence-corrected chi connectivity index (χ0v) is 13.4. The highest BCUT2D eigenvalue weighted by Crippen LogP contribution is 2.25. The Kier molecular flexibility index (Phi) is 4.52. The van der Waals surface area contributed by atoms with E-state index in [1.807, 2.05) is 27.7 Å². The van der Waals surface area contributed by atoms with E-state index in [1.54, 1.807) is 0 Å². The van der Waals surface area contributed by atoms with Crippen molar-refractivity contribution in [1.29, 1.82) is 0 Å². The van der Waals surface area contributed by atoms with Crippen molar-refractivity contribution in [2.75, 3.05) is 11.2 Å². The SMILES string of the molecule is Cc1cc(C)c(NC(=O)[C@@H](C)Sc2nncn2N)c(C)c1. The van der Waals surface area contributed by atoms with Crippen LogP contribution in [0.15, 0.2) is 23.6 Å². The van der Waals surface area contributed by atoms with E-state index in [4.69, 9.17) is 5.84 Å². The van der Waals surface area contributed by atoms with Crippen LogP contribution in [0.2, 0.25) is 0 Å². The maximum absolute atomic E-state index is 12.3. The molecule has 3 N–H and O–H groups in total. The molecule has 1 aromatic carbocycles. The first kappa shape index (κ1) is 15.4. The van der Waals surface area contributed by atoms with Crippen molar-refractivity contribution in [3.05, 3.63) is 35.2 Å². The van der Waals surface area contributed by atoms with Gasteiger partial charge in [-0.1, -0.05) is 29.5 Å². The number of nitrogens with two attached hydrogens (primary N) is 1. The Bertz CT molecular complexity index is 644. The molecule has 2 aromatic rings. The third-order valence-electron chi connectivity index (χ3n) is 3.12. The average molecular weight is 305 g/mol. The Morgan fingerprint density at radius 3 is 2.48 bits per heavy atom. The molecule has 21 heavy (non-hydrogen) atoms. The monoisotopic (exact) mass is 305 g/mol. The molecule has 0 radical (unpaired) electrons. The molecule has 1 aromatic heterocycles. The molecule has 1 atom stereocenters. The van der Waals surface area contributed by atoms with Crippen LogP contribution in [0.25, 0.3) is 0 Å². The Balaban J connectivity index is 2.09. The van der Waals surface area contributed by atoms with Gasteiger partial charge in [-0.05, 0) is 38.8 Å². The summed E-state index contributed by atoms with van der Waals surface area (Å²) in [7, 11) is 0. The predicted octanol–water partition coefficient (Wildman–Crippen LogP) is 2.04. The van der Waals surface area contributed by atoms with Crippen LogP contribution in [-0.4, -0.2) is 26.0 Å². The molecule has 7 heteroatoms. The molecular formula is C14H19N5OS. The van der Waals surface area contributed by atoms with Gasteiger partial charge in [-0.3, -0.25) is 4.79 Å². The number of rotatable bonds is 4. The molecule has 0 unspecified atom stereocenters. The highest BCUT2D eigenvalue weighted by molar-refractivity contribution is 8.00. The predicted molar refractivity (Wildman–Crippen MR) is 84.8 cm³/mol. The van der Waals surface area contributed by atoms with Gasteiger partial charge in [0, 0.05) is 5.69 Å². The van der Waals surface area contributed by atoms with E-state index < -0.39 is 0 Å². The van der Waals surface area contributed by atoms with Gasteiger partial charge in [-0.2, -0.15) is 0 Å². The van der Waals surface area contributed by atoms with E-state index in [9.17, 15) is 4.79 Å². The summed E-state index contributed by atoms with van der Waals surface area (Å²) in [5.74, 6) is 5.56. The fraction of sp³-hybridized carbons (Fsp3) is 0.357. The minimum absolute atomic E-state index is 0.0851. The average Bonchev–Trinajstić information content (AvgIpc) is 2.79. The Morgan fingerprint density at radius 2 is 1.95 bits per heavy atom. The van der Waals surface area contributed by atoms with Crippen molar-refractivity contribution >= 4 is 23.4 Å². The molecular weight excluding hydrogens is 286 g/mol. The van der Waals surface area contributed by atoms with Crippen LogP contribution in [0.3, 0.4) is 0 Å². The Morgan fingerprint density at radius 1 is 1.33 bits per heavy atom. The number of benzene rings is 1. The first-order valence-electron chi connectivity index (χ1n) is 6.59. The van der Waals surface area contributed by atoms with E-state index in [1.165, 1.54) is 28.3 Å². The number of nitrogen functional groups attached to an aromatic ring is 1. The zero-order valence-electron chi connectivity index (χ0n) is 12.5. The Labute approximate surface area is 128 Å². The van der Waals surface area contributed by atoms with E-state index in [2.05, 4.69) is 27.6 Å². The molecule has 0 saturated heterocycles. The molecule has 112 valence electrons. The van der Waals surface area contributed by atoms with Gasteiger partial charge in [0.2, 0.25) is 11.1 Å². The third kappa shape index (κ3) is 3.55. The molecule has 1 heterocycles. The lowest BCUT2D eigenvalue weighted by Crippen LogP contribution is -2.24. The smallest absolute Gasteiger partial charge is 0.237 e. The van der Waals surface area contributed by atoms with Gasteiger partial charge in [-0.15, -0.1) is 10.2 Å². The summed E-state index contributed by atoms with van der Waals surface area (Å²) in [6, 6.07) is 4.11. The lowest BCUT2D eigenvalue weighted by molar-refractivity contribution is -0.115. The summed E-state index contributed by atoms with van der Waals surface area (Å²) in [6.07, 6.45) is 1.40. The molecule has 0 fully saturated rings. The first-order valence-corrected chi connectivity index (χ1v) is 7.47. The lowest BCUT2D eigenvalue weighted by atomic mass is 10.1. The molecule has 0 aliphatic carbocycles. The number of anilines is 1. The van der Waals surface area contributed by atoms with Gasteiger partial charge in [0.15, 0.2) is 0 Å². The van der Waals surface area contributed by atoms with Crippen LogP contribution in [0, 0.1) is 20.8 Å². The molecule has 0 aliphatic rings. The zero-order chi connectivity index (χ0) is 15.6. The number of carbonyl (C=O) groups is 1. The van der Waals surface area contributed by atoms with Crippen molar-refractivity contribution in [2.24, 2.45) is 0 Å². The molecule has 0 saturated carbocycles. The van der Waals surface area contributed by atoms with E-state index in [0.717, 1.165) is 16.8 Å². The van der Waals surface area contributed by atoms with E-state index >= 15 is 0 Å². The minimum Gasteiger partial charge on any atom is -0.336 e. The molecule has 1 amide bonds. The van der Waals surface area contributed by atoms with Crippen molar-refractivity contribution in [2.45, 2.75) is 38.1 Å². The van der Waals surface area contributed by atoms with Crippen LogP contribution in [0.5, 0.6) is 0 Å². The van der Waals surface area contributed by atoms with Gasteiger partial charge in [0.25, 0.3) is 0 Å². The molecule has 2 rings (SSSR count). The summed E-state index contributed by atoms with van der Waals surface area (Å²) < 4.78 is 1.30. The molecule has 6 nitrogen and oxygen atoms in total. The number of carbonyl (C=O) groups excluding carboxylic acids is 1. The largest absolute Gasteiger partial charge is 0.336 e. The summed E-state index contributed by atoms with van der Waals surface area (Å²) >= 11 is 1.27. The van der Waals surface area contributed by atoms with E-state index in [-0.39, 0.29) is 11.2 Å². The summed E-state index contributed by atoms with van der Waals surface area (Å²) in [5.41, 5.74) is 4.16. The maximum Gasteiger partial charge on any atom is 0.237 e. The highest BCUT2D eigenvalue weighted by Gasteiger charge is 2.18. The third-order valence-corrected chi connectivity index (χ3v) is 4.19. The normalized spacial score (nSPS) is 12.2. The van der Waals surface area contributed by atoms with Gasteiger partial charge in [0.05, 0.1) is 5.25 Å². The minimum atomic E-state index is -0.323. The first-order chi connectivity index (χ1) is 9.88. The van der Waals surface area contributed by atoms with Crippen LogP contribution in [0.1, 0.15) is 23.6 Å². The number of nitrogens with zero attached hydrogens (tertiary/aromatic N) is 3. The van der Waals surface area contributed by atoms with Crippen molar-refractivity contribution in [3.63, 3.8) is 0 Å².